The molecule has 2 N–H and O–H groups in total. The second-order valence-electron chi connectivity index (χ2n) is 8.64. The van der Waals surface area contributed by atoms with E-state index in [-0.39, 0.29) is 42.4 Å². The molecule has 1 saturated carbocycles. The van der Waals surface area contributed by atoms with Crippen molar-refractivity contribution in [3.63, 3.8) is 0 Å². The molecule has 10 heteroatoms. The van der Waals surface area contributed by atoms with Gasteiger partial charge in [-0.1, -0.05) is 6.92 Å². The predicted octanol–water partition coefficient (Wildman–Crippen LogP) is 1.15. The van der Waals surface area contributed by atoms with E-state index in [0.29, 0.717) is 18.0 Å². The normalized spacial score (nSPS) is 22.9. The Morgan fingerprint density at radius 1 is 1.39 bits per heavy atom. The zero-order chi connectivity index (χ0) is 22.9. The number of aliphatic hydroxyl groups excluding tert-OH is 1. The van der Waals surface area contributed by atoms with Crippen molar-refractivity contribution in [2.24, 2.45) is 11.8 Å². The molecule has 9 nitrogen and oxygen atoms in total. The molecule has 1 aliphatic heterocycles. The number of likely N-dealkylation sites (N-methyl/N-ethyl adjacent to an activating group) is 1. The van der Waals surface area contributed by atoms with Crippen LogP contribution in [0.25, 0.3) is 0 Å². The number of carbonyl (C=O) groups is 2. The number of carbonyl (C=O) groups excluding carboxylic acids is 2. The number of amides is 2. The van der Waals surface area contributed by atoms with Gasteiger partial charge in [0.2, 0.25) is 15.9 Å². The van der Waals surface area contributed by atoms with Crippen molar-refractivity contribution in [1.82, 2.24) is 9.21 Å². The Morgan fingerprint density at radius 3 is 2.65 bits per heavy atom. The SMILES string of the molecule is C[C@@H]1CN([C@@H](C)CO)C(=O)c2cc(NC(=O)C3CC3)ccc2O[C@@H]1CN(C)S(C)(=O)=O. The number of hydrogen-bond donors (Lipinski definition) is 2. The molecule has 1 aromatic rings. The van der Waals surface area contributed by atoms with E-state index in [0.717, 1.165) is 19.1 Å². The summed E-state index contributed by atoms with van der Waals surface area (Å²) in [4.78, 5) is 27.0. The van der Waals surface area contributed by atoms with Crippen molar-refractivity contribution in [3.8, 4) is 5.75 Å². The number of fused-ring (bicyclic) bond motifs is 1. The van der Waals surface area contributed by atoms with Gasteiger partial charge in [-0.25, -0.2) is 12.7 Å². The number of sulfonamides is 1. The van der Waals surface area contributed by atoms with Crippen LogP contribution in [0.4, 0.5) is 5.69 Å². The van der Waals surface area contributed by atoms with Crippen LogP contribution in [-0.4, -0.2) is 79.7 Å². The molecule has 31 heavy (non-hydrogen) atoms. The molecule has 3 atom stereocenters. The van der Waals surface area contributed by atoms with Gasteiger partial charge < -0.3 is 20.1 Å². The summed E-state index contributed by atoms with van der Waals surface area (Å²) in [6, 6.07) is 4.46. The summed E-state index contributed by atoms with van der Waals surface area (Å²) in [6.45, 7) is 3.85. The standard InChI is InChI=1S/C21H31N3O6S/c1-13-10-24(14(2)12-25)21(27)17-9-16(22-20(26)15-5-6-15)7-8-18(17)30-19(13)11-23(3)31(4,28)29/h7-9,13-15,19,25H,5-6,10-12H2,1-4H3,(H,22,26)/t13-,14+,19-/m1/s1. The summed E-state index contributed by atoms with van der Waals surface area (Å²) in [6.07, 6.45) is 2.36. The van der Waals surface area contributed by atoms with Crippen LogP contribution in [0.15, 0.2) is 18.2 Å². The number of nitrogens with zero attached hydrogens (tertiary/aromatic N) is 2. The minimum absolute atomic E-state index is 0.0247. The first kappa shape index (κ1) is 23.5. The molecule has 2 aliphatic rings. The van der Waals surface area contributed by atoms with E-state index in [9.17, 15) is 23.1 Å². The van der Waals surface area contributed by atoms with Gasteiger partial charge in [0.15, 0.2) is 0 Å². The lowest BCUT2D eigenvalue weighted by atomic mass is 9.99. The van der Waals surface area contributed by atoms with Gasteiger partial charge in [0.25, 0.3) is 5.91 Å². The van der Waals surface area contributed by atoms with Crippen LogP contribution in [0.3, 0.4) is 0 Å². The molecule has 2 amide bonds. The number of hydrogen-bond acceptors (Lipinski definition) is 6. The van der Waals surface area contributed by atoms with Crippen molar-refractivity contribution in [2.75, 3.05) is 38.3 Å². The van der Waals surface area contributed by atoms with E-state index >= 15 is 0 Å². The molecule has 3 rings (SSSR count). The molecule has 1 aromatic carbocycles. The minimum atomic E-state index is -3.41. The second kappa shape index (κ2) is 9.13. The number of nitrogens with one attached hydrogen (secondary N) is 1. The lowest BCUT2D eigenvalue weighted by molar-refractivity contribution is -0.117. The molecule has 1 heterocycles. The quantitative estimate of drug-likeness (QED) is 0.640. The van der Waals surface area contributed by atoms with Crippen LogP contribution >= 0.6 is 0 Å². The van der Waals surface area contributed by atoms with E-state index in [1.54, 1.807) is 30.0 Å². The number of ether oxygens (including phenoxy) is 1. The fourth-order valence-corrected chi connectivity index (χ4v) is 3.91. The summed E-state index contributed by atoms with van der Waals surface area (Å²) < 4.78 is 31.2. The zero-order valence-corrected chi connectivity index (χ0v) is 19.2. The van der Waals surface area contributed by atoms with Crippen molar-refractivity contribution in [2.45, 2.75) is 38.8 Å². The maximum Gasteiger partial charge on any atom is 0.258 e. The third-order valence-corrected chi connectivity index (χ3v) is 7.17. The van der Waals surface area contributed by atoms with Gasteiger partial charge in [0, 0.05) is 31.1 Å². The van der Waals surface area contributed by atoms with Crippen LogP contribution in [0.5, 0.6) is 5.75 Å². The Labute approximate surface area is 183 Å². The predicted molar refractivity (Wildman–Crippen MR) is 116 cm³/mol. The van der Waals surface area contributed by atoms with Gasteiger partial charge in [0.1, 0.15) is 11.9 Å². The third kappa shape index (κ3) is 5.55. The molecular weight excluding hydrogens is 422 g/mol. The Kier molecular flexibility index (Phi) is 6.92. The second-order valence-corrected chi connectivity index (χ2v) is 10.7. The molecule has 0 spiro atoms. The molecular formula is C21H31N3O6S. The fourth-order valence-electron chi connectivity index (χ4n) is 3.50. The number of benzene rings is 1. The van der Waals surface area contributed by atoms with Crippen LogP contribution in [0.1, 0.15) is 37.0 Å². The molecule has 1 aliphatic carbocycles. The third-order valence-electron chi connectivity index (χ3n) is 5.88. The van der Waals surface area contributed by atoms with Gasteiger partial charge in [-0.15, -0.1) is 0 Å². The highest BCUT2D eigenvalue weighted by molar-refractivity contribution is 7.88. The Morgan fingerprint density at radius 2 is 2.06 bits per heavy atom. The number of anilines is 1. The summed E-state index contributed by atoms with van der Waals surface area (Å²) in [5.74, 6) is -0.217. The van der Waals surface area contributed by atoms with E-state index in [2.05, 4.69) is 5.32 Å². The van der Waals surface area contributed by atoms with Crippen molar-refractivity contribution >= 4 is 27.5 Å². The lowest BCUT2D eigenvalue weighted by Gasteiger charge is -2.38. The van der Waals surface area contributed by atoms with Crippen molar-refractivity contribution in [3.05, 3.63) is 23.8 Å². The van der Waals surface area contributed by atoms with Gasteiger partial charge in [-0.2, -0.15) is 0 Å². The number of rotatable bonds is 7. The van der Waals surface area contributed by atoms with E-state index in [4.69, 9.17) is 4.74 Å². The monoisotopic (exact) mass is 453 g/mol. The average Bonchev–Trinajstić information content (AvgIpc) is 3.55. The Bertz CT molecular complexity index is 946. The highest BCUT2D eigenvalue weighted by Gasteiger charge is 2.35. The molecule has 0 bridgehead atoms. The van der Waals surface area contributed by atoms with E-state index < -0.39 is 22.2 Å². The van der Waals surface area contributed by atoms with Crippen LogP contribution in [-0.2, 0) is 14.8 Å². The van der Waals surface area contributed by atoms with Gasteiger partial charge in [-0.3, -0.25) is 9.59 Å². The fraction of sp³-hybridized carbons (Fsp3) is 0.619. The Hall–Kier alpha value is -2.17. The lowest BCUT2D eigenvalue weighted by Crippen LogP contribution is -2.50. The van der Waals surface area contributed by atoms with Crippen LogP contribution < -0.4 is 10.1 Å². The minimum Gasteiger partial charge on any atom is -0.488 e. The van der Waals surface area contributed by atoms with Crippen LogP contribution in [0.2, 0.25) is 0 Å². The molecule has 0 saturated heterocycles. The van der Waals surface area contributed by atoms with Crippen LogP contribution in [0, 0.1) is 11.8 Å². The smallest absolute Gasteiger partial charge is 0.258 e. The highest BCUT2D eigenvalue weighted by atomic mass is 32.2. The molecule has 0 aromatic heterocycles. The Balaban J connectivity index is 1.96. The van der Waals surface area contributed by atoms with E-state index in [1.807, 2.05) is 6.92 Å². The summed E-state index contributed by atoms with van der Waals surface area (Å²) in [5, 5.41) is 12.5. The van der Waals surface area contributed by atoms with Gasteiger partial charge >= 0.3 is 0 Å². The topological polar surface area (TPSA) is 116 Å². The maximum absolute atomic E-state index is 13.3. The molecule has 172 valence electrons. The first-order valence-corrected chi connectivity index (χ1v) is 12.3. The van der Waals surface area contributed by atoms with Gasteiger partial charge in [-0.05, 0) is 38.0 Å². The summed E-state index contributed by atoms with van der Waals surface area (Å²) in [5.41, 5.74) is 0.774. The molecule has 0 radical (unpaired) electrons. The molecule has 1 fully saturated rings. The largest absolute Gasteiger partial charge is 0.488 e. The average molecular weight is 454 g/mol. The summed E-state index contributed by atoms with van der Waals surface area (Å²) in [7, 11) is -1.92. The van der Waals surface area contributed by atoms with Crippen molar-refractivity contribution < 1.29 is 27.9 Å². The van der Waals surface area contributed by atoms with Crippen molar-refractivity contribution in [1.29, 1.82) is 0 Å². The summed E-state index contributed by atoms with van der Waals surface area (Å²) >= 11 is 0. The molecule has 0 unspecified atom stereocenters. The number of aliphatic hydroxyl groups is 1. The first-order valence-electron chi connectivity index (χ1n) is 10.5. The van der Waals surface area contributed by atoms with E-state index in [1.165, 1.54) is 11.4 Å². The maximum atomic E-state index is 13.3. The zero-order valence-electron chi connectivity index (χ0n) is 18.4. The first-order chi connectivity index (χ1) is 14.5. The van der Waals surface area contributed by atoms with Gasteiger partial charge in [0.05, 0.1) is 31.0 Å². The highest BCUT2D eigenvalue weighted by Crippen LogP contribution is 2.33.